The SMILES string of the molecule is Cn1c2ccncc2c2ccc(-c3ccc(OC4CC5(C4)CN(C(=O)COCCCOC4CN(c6ccc7c(c6)C(=O)N(C6CCC(=O)NC6=O)C7=O)C4)C5)nc3)cc21. The topological polar surface area (TPSA) is 166 Å². The summed E-state index contributed by atoms with van der Waals surface area (Å²) in [7, 11) is 2.08. The first-order chi connectivity index (χ1) is 28.6. The van der Waals surface area contributed by atoms with E-state index in [4.69, 9.17) is 14.2 Å². The molecule has 0 bridgehead atoms. The number of rotatable bonds is 12. The minimum Gasteiger partial charge on any atom is -0.474 e. The lowest BCUT2D eigenvalue weighted by molar-refractivity contribution is -0.164. The van der Waals surface area contributed by atoms with Gasteiger partial charge in [0.2, 0.25) is 23.6 Å². The van der Waals surface area contributed by atoms with Gasteiger partial charge < -0.3 is 28.6 Å². The maximum Gasteiger partial charge on any atom is 0.262 e. The normalized spacial score (nSPS) is 20.2. The average molecular weight is 798 g/mol. The van der Waals surface area contributed by atoms with E-state index in [0.717, 1.165) is 64.1 Å². The first-order valence-electron chi connectivity index (χ1n) is 20.2. The summed E-state index contributed by atoms with van der Waals surface area (Å²) in [5.74, 6) is -1.46. The molecule has 1 spiro atoms. The number of carbonyl (C=O) groups excluding carboxylic acids is 5. The minimum atomic E-state index is -0.991. The van der Waals surface area contributed by atoms with Gasteiger partial charge in [-0.2, -0.15) is 0 Å². The molecule has 4 aliphatic heterocycles. The third-order valence-corrected chi connectivity index (χ3v) is 12.5. The van der Waals surface area contributed by atoms with Crippen molar-refractivity contribution in [2.45, 2.75) is 50.4 Å². The average Bonchev–Trinajstić information content (AvgIpc) is 3.62. The molecule has 3 saturated heterocycles. The number of imide groups is 2. The molecule has 1 unspecified atom stereocenters. The monoisotopic (exact) mass is 797 g/mol. The highest BCUT2D eigenvalue weighted by molar-refractivity contribution is 6.23. The largest absolute Gasteiger partial charge is 0.474 e. The van der Waals surface area contributed by atoms with E-state index in [1.807, 2.05) is 41.7 Å². The van der Waals surface area contributed by atoms with Crippen molar-refractivity contribution in [3.05, 3.63) is 84.3 Å². The van der Waals surface area contributed by atoms with Crippen molar-refractivity contribution in [2.75, 3.05) is 50.9 Å². The second-order valence-electron chi connectivity index (χ2n) is 16.4. The van der Waals surface area contributed by atoms with E-state index >= 15 is 0 Å². The van der Waals surface area contributed by atoms with Crippen LogP contribution in [0.15, 0.2) is 73.2 Å². The van der Waals surface area contributed by atoms with Crippen molar-refractivity contribution in [2.24, 2.45) is 12.5 Å². The molecular weight excluding hydrogens is 755 g/mol. The van der Waals surface area contributed by atoms with E-state index in [2.05, 4.69) is 50.0 Å². The molecule has 0 radical (unpaired) electrons. The number of fused-ring (bicyclic) bond motifs is 4. The number of carbonyl (C=O) groups is 5. The first-order valence-corrected chi connectivity index (χ1v) is 20.2. The fourth-order valence-corrected chi connectivity index (χ4v) is 9.28. The lowest BCUT2D eigenvalue weighted by Crippen LogP contribution is -2.66. The van der Waals surface area contributed by atoms with Gasteiger partial charge in [-0.3, -0.25) is 39.2 Å². The lowest BCUT2D eigenvalue weighted by atomic mass is 9.61. The molecule has 15 nitrogen and oxygen atoms in total. The van der Waals surface area contributed by atoms with Crippen LogP contribution in [0.1, 0.15) is 52.8 Å². The minimum absolute atomic E-state index is 0.000791. The van der Waals surface area contributed by atoms with Gasteiger partial charge in [0, 0.05) is 110 Å². The molecule has 5 aromatic rings. The number of benzene rings is 2. The van der Waals surface area contributed by atoms with Gasteiger partial charge in [0.05, 0.1) is 22.7 Å². The molecule has 1 saturated carbocycles. The molecule has 302 valence electrons. The third kappa shape index (κ3) is 6.67. The van der Waals surface area contributed by atoms with Crippen molar-refractivity contribution in [1.29, 1.82) is 0 Å². The number of pyridine rings is 2. The van der Waals surface area contributed by atoms with Gasteiger partial charge in [0.15, 0.2) is 0 Å². The molecule has 2 aromatic carbocycles. The van der Waals surface area contributed by atoms with Crippen LogP contribution in [0.2, 0.25) is 0 Å². The predicted octanol–water partition coefficient (Wildman–Crippen LogP) is 3.87. The zero-order valence-corrected chi connectivity index (χ0v) is 32.6. The van der Waals surface area contributed by atoms with Gasteiger partial charge in [-0.15, -0.1) is 0 Å². The van der Waals surface area contributed by atoms with Crippen LogP contribution in [-0.4, -0.2) is 118 Å². The highest BCUT2D eigenvalue weighted by atomic mass is 16.5. The van der Waals surface area contributed by atoms with E-state index in [1.165, 1.54) is 5.39 Å². The Hall–Kier alpha value is -6.19. The van der Waals surface area contributed by atoms with Crippen LogP contribution in [0.5, 0.6) is 5.88 Å². The number of ether oxygens (including phenoxy) is 3. The summed E-state index contributed by atoms with van der Waals surface area (Å²) in [5, 5.41) is 4.54. The maximum atomic E-state index is 13.2. The van der Waals surface area contributed by atoms with Crippen LogP contribution in [-0.2, 0) is 30.9 Å². The summed E-state index contributed by atoms with van der Waals surface area (Å²) in [4.78, 5) is 76.6. The second-order valence-corrected chi connectivity index (χ2v) is 16.4. The third-order valence-electron chi connectivity index (χ3n) is 12.5. The second kappa shape index (κ2) is 14.6. The smallest absolute Gasteiger partial charge is 0.262 e. The highest BCUT2D eigenvalue weighted by Gasteiger charge is 2.54. The Balaban J connectivity index is 0.605. The highest BCUT2D eigenvalue weighted by Crippen LogP contribution is 2.49. The van der Waals surface area contributed by atoms with Crippen LogP contribution >= 0.6 is 0 Å². The first kappa shape index (κ1) is 37.1. The predicted molar refractivity (Wildman–Crippen MR) is 215 cm³/mol. The molecule has 7 heterocycles. The zero-order chi connectivity index (χ0) is 40.4. The van der Waals surface area contributed by atoms with Crippen LogP contribution in [0, 0.1) is 5.41 Å². The molecule has 1 atom stereocenters. The lowest BCUT2D eigenvalue weighted by Gasteiger charge is -2.58. The van der Waals surface area contributed by atoms with E-state index in [0.29, 0.717) is 38.6 Å². The van der Waals surface area contributed by atoms with E-state index in [-0.39, 0.29) is 54.1 Å². The van der Waals surface area contributed by atoms with Gasteiger partial charge in [0.25, 0.3) is 11.8 Å². The number of hydrogen-bond acceptors (Lipinski definition) is 11. The van der Waals surface area contributed by atoms with E-state index < -0.39 is 29.7 Å². The Morgan fingerprint density at radius 1 is 0.864 bits per heavy atom. The van der Waals surface area contributed by atoms with Crippen molar-refractivity contribution in [1.82, 2.24) is 29.7 Å². The Morgan fingerprint density at radius 2 is 1.68 bits per heavy atom. The number of hydrogen-bond donors (Lipinski definition) is 1. The van der Waals surface area contributed by atoms with E-state index in [9.17, 15) is 24.0 Å². The molecule has 5 amide bonds. The molecule has 3 aromatic heterocycles. The summed E-state index contributed by atoms with van der Waals surface area (Å²) in [6, 6.07) is 16.6. The molecule has 15 heteroatoms. The van der Waals surface area contributed by atoms with Crippen molar-refractivity contribution in [3.63, 3.8) is 0 Å². The summed E-state index contributed by atoms with van der Waals surface area (Å²) in [6.45, 7) is 3.67. The van der Waals surface area contributed by atoms with Gasteiger partial charge >= 0.3 is 0 Å². The molecule has 1 aliphatic carbocycles. The number of nitrogens with zero attached hydrogens (tertiary/aromatic N) is 6. The summed E-state index contributed by atoms with van der Waals surface area (Å²) in [5.41, 5.74) is 5.85. The Morgan fingerprint density at radius 3 is 2.47 bits per heavy atom. The maximum absolute atomic E-state index is 13.2. The standard InChI is InChI=1S/C44H43N7O8/c1-48-35-11-12-45-20-34(35)31-6-3-26(15-37(31)48)27-4-10-39(46-19-27)59-29-17-44(18-29)24-50(25-44)40(53)23-57-13-2-14-58-30-21-49(22-30)28-5-7-32-33(16-28)43(56)51(42(32)55)36-8-9-38(52)47-41(36)54/h3-7,10-12,15-16,19-20,29-30,36H,2,8-9,13-14,17-18,21-25H2,1H3,(H,47,52,54). The van der Waals surface area contributed by atoms with Crippen LogP contribution in [0.4, 0.5) is 5.69 Å². The van der Waals surface area contributed by atoms with Crippen LogP contribution < -0.4 is 15.0 Å². The Bertz CT molecular complexity index is 2530. The summed E-state index contributed by atoms with van der Waals surface area (Å²) in [6.07, 6.45) is 8.35. The number of likely N-dealkylation sites (tertiary alicyclic amines) is 1. The summed E-state index contributed by atoms with van der Waals surface area (Å²) >= 11 is 0. The molecule has 4 fully saturated rings. The summed E-state index contributed by atoms with van der Waals surface area (Å²) < 4.78 is 20.1. The molecule has 1 N–H and O–H groups in total. The number of nitrogens with one attached hydrogen (secondary N) is 1. The van der Waals surface area contributed by atoms with Gasteiger partial charge in [-0.25, -0.2) is 4.98 Å². The van der Waals surface area contributed by atoms with Crippen LogP contribution in [0.25, 0.3) is 32.9 Å². The molecule has 59 heavy (non-hydrogen) atoms. The van der Waals surface area contributed by atoms with Crippen LogP contribution in [0.3, 0.4) is 0 Å². The van der Waals surface area contributed by atoms with Gasteiger partial charge in [0.1, 0.15) is 18.8 Å². The van der Waals surface area contributed by atoms with E-state index in [1.54, 1.807) is 18.2 Å². The number of aromatic nitrogens is 3. The Kier molecular flexibility index (Phi) is 9.16. The van der Waals surface area contributed by atoms with Crippen molar-refractivity contribution >= 4 is 57.0 Å². The quantitative estimate of drug-likeness (QED) is 0.144. The molecule has 10 rings (SSSR count). The number of aryl methyl sites for hydroxylation is 1. The fourth-order valence-electron chi connectivity index (χ4n) is 9.28. The number of amides is 5. The van der Waals surface area contributed by atoms with Gasteiger partial charge in [-0.1, -0.05) is 12.1 Å². The number of piperidine rings is 1. The van der Waals surface area contributed by atoms with Gasteiger partial charge in [-0.05, 0) is 67.6 Å². The Labute approximate surface area is 339 Å². The molecule has 5 aliphatic rings. The molecular formula is C44H43N7O8. The van der Waals surface area contributed by atoms with Crippen molar-refractivity contribution in [3.8, 4) is 17.0 Å². The fraction of sp³-hybridized carbons (Fsp3) is 0.386. The zero-order valence-electron chi connectivity index (χ0n) is 32.6. The van der Waals surface area contributed by atoms with Crippen molar-refractivity contribution < 1.29 is 38.2 Å². The number of anilines is 1.